The van der Waals surface area contributed by atoms with Gasteiger partial charge in [-0.05, 0) is 25.7 Å². The molecule has 1 unspecified atom stereocenters. The van der Waals surface area contributed by atoms with E-state index in [2.05, 4.69) is 10.6 Å². The van der Waals surface area contributed by atoms with Crippen molar-refractivity contribution >= 4 is 17.9 Å². The molecule has 4 N–H and O–H groups in total. The average Bonchev–Trinajstić information content (AvgIpc) is 2.41. The highest BCUT2D eigenvalue weighted by molar-refractivity contribution is 5.90. The molecule has 0 aromatic rings. The van der Waals surface area contributed by atoms with Crippen LogP contribution < -0.4 is 10.6 Å². The van der Waals surface area contributed by atoms with Gasteiger partial charge in [-0.15, -0.1) is 0 Å². The predicted molar refractivity (Wildman–Crippen MR) is 67.9 cm³/mol. The first-order valence-corrected chi connectivity index (χ1v) is 6.72. The van der Waals surface area contributed by atoms with Gasteiger partial charge >= 0.3 is 12.0 Å². The molecule has 2 rings (SSSR count). The summed E-state index contributed by atoms with van der Waals surface area (Å²) in [6.45, 7) is -0.330. The Hall–Kier alpha value is -1.83. The summed E-state index contributed by atoms with van der Waals surface area (Å²) in [5, 5.41) is 23.7. The molecule has 1 atom stereocenters. The van der Waals surface area contributed by atoms with E-state index in [1.165, 1.54) is 0 Å². The summed E-state index contributed by atoms with van der Waals surface area (Å²) >= 11 is 0. The van der Waals surface area contributed by atoms with Crippen molar-refractivity contribution in [3.05, 3.63) is 0 Å². The molecular weight excluding hydrogens is 266 g/mol. The van der Waals surface area contributed by atoms with Crippen molar-refractivity contribution in [3.8, 4) is 0 Å². The molecule has 1 saturated carbocycles. The lowest BCUT2D eigenvalue weighted by Crippen LogP contribution is -2.62. The van der Waals surface area contributed by atoms with E-state index in [0.29, 0.717) is 25.7 Å². The van der Waals surface area contributed by atoms with Crippen LogP contribution in [-0.4, -0.2) is 64.3 Å². The normalized spacial score (nSPS) is 30.6. The minimum Gasteiger partial charge on any atom is -0.480 e. The quantitative estimate of drug-likeness (QED) is 0.512. The van der Waals surface area contributed by atoms with Crippen molar-refractivity contribution in [3.63, 3.8) is 0 Å². The Labute approximate surface area is 116 Å². The molecule has 0 aromatic heterocycles. The van der Waals surface area contributed by atoms with E-state index >= 15 is 0 Å². The van der Waals surface area contributed by atoms with Crippen LogP contribution in [0.5, 0.6) is 0 Å². The molecule has 2 fully saturated rings. The molecule has 20 heavy (non-hydrogen) atoms. The van der Waals surface area contributed by atoms with Crippen molar-refractivity contribution in [2.75, 3.05) is 13.1 Å². The summed E-state index contributed by atoms with van der Waals surface area (Å²) in [5.74, 6) is -1.50. The van der Waals surface area contributed by atoms with Crippen LogP contribution in [-0.2, 0) is 9.59 Å². The molecule has 0 spiro atoms. The predicted octanol–water partition coefficient (Wildman–Crippen LogP) is -1.12. The lowest BCUT2D eigenvalue weighted by atomic mass is 9.93. The summed E-state index contributed by atoms with van der Waals surface area (Å²) in [6, 6.07) is -1.65. The lowest BCUT2D eigenvalue weighted by molar-refractivity contribution is -0.144. The van der Waals surface area contributed by atoms with Crippen molar-refractivity contribution in [1.29, 1.82) is 0 Å². The fraction of sp³-hybridized carbons (Fsp3) is 0.750. The number of carbonyl (C=O) groups excluding carboxylic acids is 2. The Bertz CT molecular complexity index is 406. The Balaban J connectivity index is 1.95. The van der Waals surface area contributed by atoms with Gasteiger partial charge < -0.3 is 20.8 Å². The molecule has 8 heteroatoms. The third kappa shape index (κ3) is 3.38. The molecule has 1 heterocycles. The van der Waals surface area contributed by atoms with E-state index in [1.807, 2.05) is 0 Å². The Morgan fingerprint density at radius 1 is 1.25 bits per heavy atom. The first kappa shape index (κ1) is 14.6. The van der Waals surface area contributed by atoms with Gasteiger partial charge in [-0.3, -0.25) is 9.69 Å². The molecular formula is C12H19N3O5. The average molecular weight is 285 g/mol. The standard InChI is InChI=1S/C12H19N3O5/c16-8-3-1-7(2-4-8)14-12(20)15-6-10(17)13-5-9(15)11(18)19/h7-9,16H,1-6H2,(H,13,17)(H,14,20)(H,18,19). The fourth-order valence-electron chi connectivity index (χ4n) is 2.55. The Morgan fingerprint density at radius 2 is 1.90 bits per heavy atom. The van der Waals surface area contributed by atoms with Gasteiger partial charge in [0.1, 0.15) is 12.6 Å². The number of aliphatic hydroxyl groups is 1. The second-order valence-electron chi connectivity index (χ2n) is 5.24. The molecule has 3 amide bonds. The summed E-state index contributed by atoms with van der Waals surface area (Å²) in [5.41, 5.74) is 0. The highest BCUT2D eigenvalue weighted by atomic mass is 16.4. The number of carboxylic acids is 1. The largest absolute Gasteiger partial charge is 0.480 e. The van der Waals surface area contributed by atoms with Gasteiger partial charge in [-0.25, -0.2) is 9.59 Å². The number of aliphatic hydroxyl groups excluding tert-OH is 1. The van der Waals surface area contributed by atoms with Gasteiger partial charge in [-0.1, -0.05) is 0 Å². The Kier molecular flexibility index (Phi) is 4.43. The molecule has 0 radical (unpaired) electrons. The zero-order valence-electron chi connectivity index (χ0n) is 11.0. The van der Waals surface area contributed by atoms with E-state index in [4.69, 9.17) is 5.11 Å². The van der Waals surface area contributed by atoms with Crippen molar-refractivity contribution in [2.45, 2.75) is 43.9 Å². The number of hydrogen-bond donors (Lipinski definition) is 4. The van der Waals surface area contributed by atoms with Crippen molar-refractivity contribution in [1.82, 2.24) is 15.5 Å². The smallest absolute Gasteiger partial charge is 0.328 e. The van der Waals surface area contributed by atoms with Gasteiger partial charge in [0.25, 0.3) is 0 Å². The van der Waals surface area contributed by atoms with E-state index < -0.39 is 18.0 Å². The third-order valence-corrected chi connectivity index (χ3v) is 3.75. The SMILES string of the molecule is O=C1CN(C(=O)NC2CCC(O)CC2)C(C(=O)O)CN1. The van der Waals surface area contributed by atoms with E-state index in [-0.39, 0.29) is 31.1 Å². The number of nitrogens with one attached hydrogen (secondary N) is 2. The molecule has 1 aliphatic heterocycles. The van der Waals surface area contributed by atoms with Crippen LogP contribution in [0.3, 0.4) is 0 Å². The van der Waals surface area contributed by atoms with Crippen LogP contribution >= 0.6 is 0 Å². The molecule has 0 aromatic carbocycles. The zero-order valence-corrected chi connectivity index (χ0v) is 11.0. The van der Waals surface area contributed by atoms with Crippen molar-refractivity contribution in [2.24, 2.45) is 0 Å². The molecule has 1 aliphatic carbocycles. The van der Waals surface area contributed by atoms with Gasteiger partial charge in [0.05, 0.1) is 6.10 Å². The minimum absolute atomic E-state index is 0.0784. The van der Waals surface area contributed by atoms with Crippen LogP contribution in [0, 0.1) is 0 Å². The highest BCUT2D eigenvalue weighted by Gasteiger charge is 2.36. The number of urea groups is 1. The maximum Gasteiger partial charge on any atom is 0.328 e. The van der Waals surface area contributed by atoms with Gasteiger partial charge in [0.15, 0.2) is 0 Å². The molecule has 2 aliphatic rings. The summed E-state index contributed by atoms with van der Waals surface area (Å²) < 4.78 is 0. The number of carbonyl (C=O) groups is 3. The second-order valence-corrected chi connectivity index (χ2v) is 5.24. The second kappa shape index (κ2) is 6.08. The molecule has 8 nitrogen and oxygen atoms in total. The fourth-order valence-corrected chi connectivity index (χ4v) is 2.55. The maximum atomic E-state index is 12.1. The van der Waals surface area contributed by atoms with Crippen molar-refractivity contribution < 1.29 is 24.6 Å². The number of nitrogens with zero attached hydrogens (tertiary/aromatic N) is 1. The van der Waals surface area contributed by atoms with Crippen LogP contribution in [0.4, 0.5) is 4.79 Å². The number of amides is 3. The summed E-state index contributed by atoms with van der Waals surface area (Å²) in [6.07, 6.45) is 2.23. The first-order chi connectivity index (χ1) is 9.47. The van der Waals surface area contributed by atoms with Crippen LogP contribution in [0.15, 0.2) is 0 Å². The van der Waals surface area contributed by atoms with Gasteiger partial charge in [0.2, 0.25) is 5.91 Å². The number of carboxylic acid groups (broad SMARTS) is 1. The summed E-state index contributed by atoms with van der Waals surface area (Å²) in [7, 11) is 0. The minimum atomic E-state index is -1.14. The Morgan fingerprint density at radius 3 is 2.50 bits per heavy atom. The number of rotatable bonds is 2. The summed E-state index contributed by atoms with van der Waals surface area (Å²) in [4.78, 5) is 35.6. The molecule has 0 bridgehead atoms. The molecule has 1 saturated heterocycles. The van der Waals surface area contributed by atoms with E-state index in [9.17, 15) is 19.5 Å². The lowest BCUT2D eigenvalue weighted by Gasteiger charge is -2.35. The van der Waals surface area contributed by atoms with Gasteiger partial charge in [-0.2, -0.15) is 0 Å². The number of hydrogen-bond acceptors (Lipinski definition) is 4. The topological polar surface area (TPSA) is 119 Å². The van der Waals surface area contributed by atoms with Crippen LogP contribution in [0.25, 0.3) is 0 Å². The first-order valence-electron chi connectivity index (χ1n) is 6.72. The highest BCUT2D eigenvalue weighted by Crippen LogP contribution is 2.18. The maximum absolute atomic E-state index is 12.1. The number of piperazine rings is 1. The van der Waals surface area contributed by atoms with Gasteiger partial charge in [0, 0.05) is 12.6 Å². The monoisotopic (exact) mass is 285 g/mol. The van der Waals surface area contributed by atoms with Crippen LogP contribution in [0.1, 0.15) is 25.7 Å². The number of aliphatic carboxylic acids is 1. The zero-order chi connectivity index (χ0) is 14.7. The third-order valence-electron chi connectivity index (χ3n) is 3.75. The van der Waals surface area contributed by atoms with E-state index in [0.717, 1.165) is 4.90 Å². The van der Waals surface area contributed by atoms with E-state index in [1.54, 1.807) is 0 Å². The molecule has 112 valence electrons. The van der Waals surface area contributed by atoms with Crippen LogP contribution in [0.2, 0.25) is 0 Å².